The number of hydrogen-bond donors (Lipinski definition) is 1. The lowest BCUT2D eigenvalue weighted by Crippen LogP contribution is -2.48. The number of nitrogen functional groups attached to an aromatic ring is 1. The predicted molar refractivity (Wildman–Crippen MR) is 100 cm³/mol. The van der Waals surface area contributed by atoms with E-state index in [0.29, 0.717) is 36.8 Å². The van der Waals surface area contributed by atoms with Crippen LogP contribution in [0, 0.1) is 0 Å². The molecule has 0 radical (unpaired) electrons. The Hall–Kier alpha value is -1.70. The first-order chi connectivity index (χ1) is 11.5. The summed E-state index contributed by atoms with van der Waals surface area (Å²) in [4.78, 5) is 3.75. The molecule has 0 aromatic heterocycles. The number of rotatable bonds is 4. The van der Waals surface area contributed by atoms with Crippen molar-refractivity contribution < 1.29 is 8.42 Å². The lowest BCUT2D eigenvalue weighted by Gasteiger charge is -2.35. The fraction of sp³-hybridized carbons (Fsp3) is 0.294. The van der Waals surface area contributed by atoms with E-state index >= 15 is 0 Å². The first kappa shape index (κ1) is 17.1. The summed E-state index contributed by atoms with van der Waals surface area (Å²) in [7, 11) is -3.45. The third kappa shape index (κ3) is 3.53. The molecule has 0 amide bonds. The molecule has 1 fully saturated rings. The van der Waals surface area contributed by atoms with Gasteiger partial charge in [-0.05, 0) is 54.8 Å². The van der Waals surface area contributed by atoms with Gasteiger partial charge in [-0.3, -0.25) is 0 Å². The average molecular weight is 364 g/mol. The van der Waals surface area contributed by atoms with Gasteiger partial charge in [-0.2, -0.15) is 4.31 Å². The van der Waals surface area contributed by atoms with E-state index in [9.17, 15) is 8.42 Å². The van der Waals surface area contributed by atoms with Crippen molar-refractivity contribution in [1.82, 2.24) is 4.31 Å². The highest BCUT2D eigenvalue weighted by Crippen LogP contribution is 2.24. The topological polar surface area (TPSA) is 66.6 Å². The number of sulfonamides is 1. The summed E-state index contributed by atoms with van der Waals surface area (Å²) >= 11 is 1.71. The quantitative estimate of drug-likeness (QED) is 0.668. The van der Waals surface area contributed by atoms with Crippen LogP contribution in [-0.4, -0.2) is 45.2 Å². The summed E-state index contributed by atoms with van der Waals surface area (Å²) in [6.07, 6.45) is 2.05. The normalized spacial score (nSPS) is 16.3. The molecule has 0 atom stereocenters. The molecule has 1 heterocycles. The molecule has 3 rings (SSSR count). The van der Waals surface area contributed by atoms with E-state index in [4.69, 9.17) is 5.73 Å². The summed E-state index contributed by atoms with van der Waals surface area (Å²) in [5.74, 6) is 0. The molecule has 128 valence electrons. The van der Waals surface area contributed by atoms with Gasteiger partial charge in [-0.1, -0.05) is 0 Å². The van der Waals surface area contributed by atoms with Crippen molar-refractivity contribution in [3.8, 4) is 0 Å². The molecule has 2 aromatic rings. The number of benzene rings is 2. The van der Waals surface area contributed by atoms with E-state index in [2.05, 4.69) is 35.4 Å². The first-order valence-electron chi connectivity index (χ1n) is 7.75. The molecular weight excluding hydrogens is 342 g/mol. The molecule has 0 aliphatic carbocycles. The summed E-state index contributed by atoms with van der Waals surface area (Å²) in [6.45, 7) is 2.34. The molecule has 1 saturated heterocycles. The van der Waals surface area contributed by atoms with Crippen LogP contribution in [0.15, 0.2) is 58.3 Å². The van der Waals surface area contributed by atoms with Crippen molar-refractivity contribution in [2.75, 3.05) is 43.1 Å². The third-order valence-corrected chi connectivity index (χ3v) is 6.85. The lowest BCUT2D eigenvalue weighted by molar-refractivity contribution is 0.385. The zero-order chi connectivity index (χ0) is 17.2. The second kappa shape index (κ2) is 7.04. The molecule has 24 heavy (non-hydrogen) atoms. The minimum absolute atomic E-state index is 0.300. The van der Waals surface area contributed by atoms with E-state index in [1.54, 1.807) is 40.3 Å². The summed E-state index contributed by atoms with van der Waals surface area (Å²) in [6, 6.07) is 14.8. The van der Waals surface area contributed by atoms with Crippen LogP contribution in [0.1, 0.15) is 0 Å². The van der Waals surface area contributed by atoms with Crippen LogP contribution in [0.5, 0.6) is 0 Å². The van der Waals surface area contributed by atoms with E-state index in [0.717, 1.165) is 5.69 Å². The van der Waals surface area contributed by atoms with Crippen LogP contribution < -0.4 is 10.6 Å². The highest BCUT2D eigenvalue weighted by molar-refractivity contribution is 7.98. The zero-order valence-corrected chi connectivity index (χ0v) is 15.2. The molecule has 2 N–H and O–H groups in total. The number of nitrogens with zero attached hydrogens (tertiary/aromatic N) is 2. The Morgan fingerprint density at radius 1 is 0.917 bits per heavy atom. The monoisotopic (exact) mass is 363 g/mol. The summed E-state index contributed by atoms with van der Waals surface area (Å²) < 4.78 is 26.9. The standard InChI is InChI=1S/C17H21N3O2S2/c1-23-16-6-4-15(5-7-16)19-10-12-20(13-11-19)24(21,22)17-8-2-14(18)3-9-17/h2-9H,10-13,18H2,1H3. The average Bonchev–Trinajstić information content (AvgIpc) is 2.62. The molecule has 1 aliphatic heterocycles. The minimum atomic E-state index is -3.45. The molecular formula is C17H21N3O2S2. The SMILES string of the molecule is CSc1ccc(N2CCN(S(=O)(=O)c3ccc(N)cc3)CC2)cc1. The fourth-order valence-electron chi connectivity index (χ4n) is 2.77. The van der Waals surface area contributed by atoms with Gasteiger partial charge in [0, 0.05) is 42.4 Å². The number of hydrogen-bond acceptors (Lipinski definition) is 5. The predicted octanol–water partition coefficient (Wildman–Crippen LogP) is 2.50. The van der Waals surface area contributed by atoms with Crippen LogP contribution in [0.4, 0.5) is 11.4 Å². The first-order valence-corrected chi connectivity index (χ1v) is 10.4. The van der Waals surface area contributed by atoms with Gasteiger partial charge in [0.15, 0.2) is 0 Å². The molecule has 7 heteroatoms. The zero-order valence-electron chi connectivity index (χ0n) is 13.6. The fourth-order valence-corrected chi connectivity index (χ4v) is 4.60. The van der Waals surface area contributed by atoms with Crippen LogP contribution in [0.25, 0.3) is 0 Å². The molecule has 0 spiro atoms. The Balaban J connectivity index is 1.68. The number of nitrogens with two attached hydrogens (primary N) is 1. The van der Waals surface area contributed by atoms with E-state index in [1.807, 2.05) is 0 Å². The number of thioether (sulfide) groups is 1. The van der Waals surface area contributed by atoms with E-state index in [1.165, 1.54) is 4.90 Å². The maximum absolute atomic E-state index is 12.7. The second-order valence-corrected chi connectivity index (χ2v) is 8.48. The van der Waals surface area contributed by atoms with Crippen molar-refractivity contribution in [1.29, 1.82) is 0 Å². The maximum Gasteiger partial charge on any atom is 0.243 e. The third-order valence-electron chi connectivity index (χ3n) is 4.19. The van der Waals surface area contributed by atoms with Crippen LogP contribution in [0.2, 0.25) is 0 Å². The van der Waals surface area contributed by atoms with Crippen molar-refractivity contribution >= 4 is 33.2 Å². The van der Waals surface area contributed by atoms with Gasteiger partial charge in [0.05, 0.1) is 4.90 Å². The molecule has 1 aliphatic rings. The molecule has 0 bridgehead atoms. The van der Waals surface area contributed by atoms with Gasteiger partial charge in [0.1, 0.15) is 0 Å². The van der Waals surface area contributed by atoms with Crippen molar-refractivity contribution in [2.45, 2.75) is 9.79 Å². The number of anilines is 2. The van der Waals surface area contributed by atoms with Gasteiger partial charge < -0.3 is 10.6 Å². The van der Waals surface area contributed by atoms with Gasteiger partial charge in [0.25, 0.3) is 0 Å². The van der Waals surface area contributed by atoms with E-state index in [-0.39, 0.29) is 0 Å². The Morgan fingerprint density at radius 3 is 2.04 bits per heavy atom. The summed E-state index contributed by atoms with van der Waals surface area (Å²) in [5.41, 5.74) is 7.33. The van der Waals surface area contributed by atoms with E-state index < -0.39 is 10.0 Å². The van der Waals surface area contributed by atoms with Gasteiger partial charge in [-0.25, -0.2) is 8.42 Å². The maximum atomic E-state index is 12.7. The van der Waals surface area contributed by atoms with Gasteiger partial charge in [-0.15, -0.1) is 11.8 Å². The van der Waals surface area contributed by atoms with Crippen LogP contribution >= 0.6 is 11.8 Å². The Kier molecular flexibility index (Phi) is 5.03. The minimum Gasteiger partial charge on any atom is -0.399 e. The Bertz CT molecular complexity index is 782. The lowest BCUT2D eigenvalue weighted by atomic mass is 10.2. The highest BCUT2D eigenvalue weighted by Gasteiger charge is 2.28. The molecule has 0 unspecified atom stereocenters. The molecule has 0 saturated carbocycles. The largest absolute Gasteiger partial charge is 0.399 e. The second-order valence-electron chi connectivity index (χ2n) is 5.66. The van der Waals surface area contributed by atoms with Crippen molar-refractivity contribution in [2.24, 2.45) is 0 Å². The molecule has 2 aromatic carbocycles. The molecule has 5 nitrogen and oxygen atoms in total. The van der Waals surface area contributed by atoms with Gasteiger partial charge in [0.2, 0.25) is 10.0 Å². The van der Waals surface area contributed by atoms with Crippen LogP contribution in [-0.2, 0) is 10.0 Å². The highest BCUT2D eigenvalue weighted by atomic mass is 32.2. The van der Waals surface area contributed by atoms with Gasteiger partial charge >= 0.3 is 0 Å². The van der Waals surface area contributed by atoms with Crippen LogP contribution in [0.3, 0.4) is 0 Å². The summed E-state index contributed by atoms with van der Waals surface area (Å²) in [5, 5.41) is 0. The van der Waals surface area contributed by atoms with Crippen molar-refractivity contribution in [3.63, 3.8) is 0 Å². The number of piperazine rings is 1. The Morgan fingerprint density at radius 2 is 1.50 bits per heavy atom. The smallest absolute Gasteiger partial charge is 0.243 e. The Labute approximate surface area is 147 Å². The van der Waals surface area contributed by atoms with Crippen molar-refractivity contribution in [3.05, 3.63) is 48.5 Å².